The molecule has 3 rings (SSSR count). The highest BCUT2D eigenvalue weighted by Gasteiger charge is 2.42. The monoisotopic (exact) mass is 413 g/mol. The van der Waals surface area contributed by atoms with Crippen LogP contribution in [0.4, 0.5) is 10.1 Å². The molecule has 0 heterocycles. The van der Waals surface area contributed by atoms with E-state index in [9.17, 15) is 14.0 Å². The minimum atomic E-state index is -0.703. The summed E-state index contributed by atoms with van der Waals surface area (Å²) in [5, 5.41) is 2.96. The Morgan fingerprint density at radius 3 is 2.40 bits per heavy atom. The van der Waals surface area contributed by atoms with Crippen LogP contribution < -0.4 is 10.1 Å². The second kappa shape index (κ2) is 9.28. The number of hydrogen-bond acceptors (Lipinski definition) is 4. The van der Waals surface area contributed by atoms with E-state index in [0.29, 0.717) is 24.3 Å². The molecule has 0 spiro atoms. The summed E-state index contributed by atoms with van der Waals surface area (Å²) in [6.45, 7) is 3.91. The fraction of sp³-hybridized carbons (Fsp3) is 0.417. The second-order valence-electron chi connectivity index (χ2n) is 7.79. The summed E-state index contributed by atoms with van der Waals surface area (Å²) in [7, 11) is 1.31. The molecule has 1 saturated carbocycles. The average Bonchev–Trinajstić information content (AvgIpc) is 3.25. The van der Waals surface area contributed by atoms with Gasteiger partial charge in [0.2, 0.25) is 5.91 Å². The summed E-state index contributed by atoms with van der Waals surface area (Å²) in [6.07, 6.45) is 3.99. The number of carbonyl (C=O) groups is 2. The van der Waals surface area contributed by atoms with Crippen LogP contribution in [-0.2, 0) is 14.9 Å². The summed E-state index contributed by atoms with van der Waals surface area (Å²) in [6, 6.07) is 11.1. The van der Waals surface area contributed by atoms with Gasteiger partial charge in [0.1, 0.15) is 17.1 Å². The Bertz CT molecular complexity index is 904. The largest absolute Gasteiger partial charge is 0.490 e. The van der Waals surface area contributed by atoms with Crippen molar-refractivity contribution in [2.24, 2.45) is 0 Å². The highest BCUT2D eigenvalue weighted by atomic mass is 19.1. The van der Waals surface area contributed by atoms with E-state index in [1.807, 2.05) is 13.8 Å². The maximum atomic E-state index is 13.4. The average molecular weight is 413 g/mol. The van der Waals surface area contributed by atoms with Crippen LogP contribution in [0.1, 0.15) is 61.9 Å². The van der Waals surface area contributed by atoms with Crippen LogP contribution >= 0.6 is 0 Å². The lowest BCUT2D eigenvalue weighted by atomic mass is 9.78. The van der Waals surface area contributed by atoms with Crippen molar-refractivity contribution in [3.63, 3.8) is 0 Å². The first-order chi connectivity index (χ1) is 14.4. The molecule has 0 saturated heterocycles. The quantitative estimate of drug-likeness (QED) is 0.631. The predicted molar refractivity (Wildman–Crippen MR) is 113 cm³/mol. The van der Waals surface area contributed by atoms with Crippen molar-refractivity contribution < 1.29 is 23.5 Å². The first-order valence-electron chi connectivity index (χ1n) is 10.4. The van der Waals surface area contributed by atoms with E-state index < -0.39 is 11.4 Å². The van der Waals surface area contributed by atoms with Gasteiger partial charge in [0.05, 0.1) is 18.6 Å². The van der Waals surface area contributed by atoms with Crippen LogP contribution in [0.5, 0.6) is 5.75 Å². The van der Waals surface area contributed by atoms with E-state index in [1.165, 1.54) is 19.2 Å². The standard InChI is InChI=1S/C24H28FNO4/c1-4-16(2)30-21-12-11-19(15-20(21)22(27)29-3)26-23(28)24(13-5-6-14-24)17-7-9-18(25)10-8-17/h7-12,15-16H,4-6,13-14H2,1-3H3,(H,26,28)/t16-/m1/s1. The molecule has 1 aliphatic carbocycles. The zero-order valence-corrected chi connectivity index (χ0v) is 17.7. The highest BCUT2D eigenvalue weighted by Crippen LogP contribution is 2.42. The fourth-order valence-corrected chi connectivity index (χ4v) is 3.93. The summed E-state index contributed by atoms with van der Waals surface area (Å²) < 4.78 is 24.1. The molecule has 0 bridgehead atoms. The maximum Gasteiger partial charge on any atom is 0.341 e. The Kier molecular flexibility index (Phi) is 6.75. The van der Waals surface area contributed by atoms with Gasteiger partial charge in [0.25, 0.3) is 0 Å². The molecule has 0 radical (unpaired) electrons. The molecule has 1 amide bonds. The lowest BCUT2D eigenvalue weighted by molar-refractivity contribution is -0.121. The molecule has 5 nitrogen and oxygen atoms in total. The van der Waals surface area contributed by atoms with Crippen molar-refractivity contribution in [2.75, 3.05) is 12.4 Å². The van der Waals surface area contributed by atoms with Crippen LogP contribution in [-0.4, -0.2) is 25.1 Å². The maximum absolute atomic E-state index is 13.4. The van der Waals surface area contributed by atoms with Crippen molar-refractivity contribution in [1.82, 2.24) is 0 Å². The molecule has 30 heavy (non-hydrogen) atoms. The van der Waals surface area contributed by atoms with Gasteiger partial charge >= 0.3 is 5.97 Å². The van der Waals surface area contributed by atoms with E-state index in [2.05, 4.69) is 5.32 Å². The molecule has 6 heteroatoms. The van der Waals surface area contributed by atoms with Crippen molar-refractivity contribution in [1.29, 1.82) is 0 Å². The SMILES string of the molecule is CC[C@@H](C)Oc1ccc(NC(=O)C2(c3ccc(F)cc3)CCCC2)cc1C(=O)OC. The Hall–Kier alpha value is -2.89. The number of anilines is 1. The van der Waals surface area contributed by atoms with Gasteiger partial charge in [-0.15, -0.1) is 0 Å². The van der Waals surface area contributed by atoms with Crippen LogP contribution in [0.15, 0.2) is 42.5 Å². The first-order valence-corrected chi connectivity index (χ1v) is 10.4. The van der Waals surface area contributed by atoms with Crippen LogP contribution in [0.3, 0.4) is 0 Å². The number of amides is 1. The van der Waals surface area contributed by atoms with Crippen LogP contribution in [0.25, 0.3) is 0 Å². The minimum absolute atomic E-state index is 0.0610. The van der Waals surface area contributed by atoms with Gasteiger partial charge in [-0.1, -0.05) is 31.9 Å². The van der Waals surface area contributed by atoms with E-state index >= 15 is 0 Å². The number of methoxy groups -OCH3 is 1. The molecule has 2 aromatic carbocycles. The summed E-state index contributed by atoms with van der Waals surface area (Å²) in [4.78, 5) is 25.6. The smallest absolute Gasteiger partial charge is 0.341 e. The molecule has 0 unspecified atom stereocenters. The van der Waals surface area contributed by atoms with Gasteiger partial charge in [-0.05, 0) is 62.1 Å². The van der Waals surface area contributed by atoms with Crippen molar-refractivity contribution >= 4 is 17.6 Å². The lowest BCUT2D eigenvalue weighted by Gasteiger charge is -2.28. The van der Waals surface area contributed by atoms with Gasteiger partial charge in [-0.3, -0.25) is 4.79 Å². The topological polar surface area (TPSA) is 64.6 Å². The summed E-state index contributed by atoms with van der Waals surface area (Å²) in [5.41, 5.74) is 0.859. The Morgan fingerprint density at radius 1 is 1.13 bits per heavy atom. The van der Waals surface area contributed by atoms with Crippen LogP contribution in [0.2, 0.25) is 0 Å². The molecule has 2 aromatic rings. The highest BCUT2D eigenvalue weighted by molar-refractivity contribution is 6.01. The van der Waals surface area contributed by atoms with Crippen LogP contribution in [0, 0.1) is 5.82 Å². The number of halogens is 1. The molecule has 1 atom stereocenters. The van der Waals surface area contributed by atoms with Crippen molar-refractivity contribution in [2.45, 2.75) is 57.5 Å². The lowest BCUT2D eigenvalue weighted by Crippen LogP contribution is -2.38. The molecule has 1 aliphatic rings. The third-order valence-corrected chi connectivity index (χ3v) is 5.83. The third-order valence-electron chi connectivity index (χ3n) is 5.83. The van der Waals surface area contributed by atoms with Crippen molar-refractivity contribution in [3.05, 3.63) is 59.4 Å². The van der Waals surface area contributed by atoms with E-state index in [0.717, 1.165) is 24.8 Å². The van der Waals surface area contributed by atoms with Gasteiger partial charge in [-0.2, -0.15) is 0 Å². The molecular formula is C24H28FNO4. The first kappa shape index (κ1) is 21.8. The third kappa shape index (κ3) is 4.48. The Balaban J connectivity index is 1.89. The normalized spacial score (nSPS) is 16.0. The molecule has 1 N–H and O–H groups in total. The number of nitrogens with one attached hydrogen (secondary N) is 1. The zero-order valence-electron chi connectivity index (χ0n) is 17.7. The zero-order chi connectivity index (χ0) is 21.7. The fourth-order valence-electron chi connectivity index (χ4n) is 3.93. The number of ether oxygens (including phenoxy) is 2. The van der Waals surface area contributed by atoms with Gasteiger partial charge in [-0.25, -0.2) is 9.18 Å². The van der Waals surface area contributed by atoms with Crippen molar-refractivity contribution in [3.8, 4) is 5.75 Å². The van der Waals surface area contributed by atoms with E-state index in [-0.39, 0.29) is 23.4 Å². The number of rotatable bonds is 7. The molecular weight excluding hydrogens is 385 g/mol. The van der Waals surface area contributed by atoms with E-state index in [1.54, 1.807) is 30.3 Å². The van der Waals surface area contributed by atoms with Gasteiger partial charge in [0.15, 0.2) is 0 Å². The number of hydrogen-bond donors (Lipinski definition) is 1. The summed E-state index contributed by atoms with van der Waals surface area (Å²) >= 11 is 0. The second-order valence-corrected chi connectivity index (χ2v) is 7.79. The van der Waals surface area contributed by atoms with E-state index in [4.69, 9.17) is 9.47 Å². The Labute approximate surface area is 176 Å². The summed E-state index contributed by atoms with van der Waals surface area (Å²) in [5.74, 6) is -0.591. The molecule has 1 fully saturated rings. The molecule has 0 aliphatic heterocycles. The predicted octanol–water partition coefficient (Wildman–Crippen LogP) is 5.24. The Morgan fingerprint density at radius 2 is 1.80 bits per heavy atom. The minimum Gasteiger partial charge on any atom is -0.490 e. The molecule has 160 valence electrons. The number of carbonyl (C=O) groups excluding carboxylic acids is 2. The number of esters is 1. The molecule has 0 aromatic heterocycles. The number of benzene rings is 2. The van der Waals surface area contributed by atoms with Gasteiger partial charge in [0, 0.05) is 5.69 Å². The van der Waals surface area contributed by atoms with Gasteiger partial charge < -0.3 is 14.8 Å².